The van der Waals surface area contributed by atoms with E-state index in [-0.39, 0.29) is 20.1 Å². The number of amides is 1. The lowest BCUT2D eigenvalue weighted by atomic mass is 10.00. The van der Waals surface area contributed by atoms with E-state index < -0.39 is 15.9 Å². The number of halogens is 2. The van der Waals surface area contributed by atoms with Gasteiger partial charge in [0.15, 0.2) is 0 Å². The van der Waals surface area contributed by atoms with E-state index in [4.69, 9.17) is 23.2 Å². The normalized spacial score (nSPS) is 17.6. The lowest BCUT2D eigenvalue weighted by Crippen LogP contribution is -2.40. The van der Waals surface area contributed by atoms with Gasteiger partial charge in [-0.3, -0.25) is 10.1 Å². The molecule has 170 valence electrons. The number of anilines is 1. The Kier molecular flexibility index (Phi) is 8.65. The summed E-state index contributed by atoms with van der Waals surface area (Å²) >= 11 is 12.6. The maximum absolute atomic E-state index is 12.5. The second kappa shape index (κ2) is 11.0. The average molecular weight is 506 g/mol. The quantitative estimate of drug-likeness (QED) is 0.393. The molecule has 1 aliphatic rings. The number of likely N-dealkylation sites (tertiary alicyclic amines) is 1. The number of carbonyl (C=O) groups is 1. The Hall–Kier alpha value is -1.30. The van der Waals surface area contributed by atoms with Crippen molar-refractivity contribution < 1.29 is 13.2 Å². The van der Waals surface area contributed by atoms with Crippen LogP contribution in [0.5, 0.6) is 0 Å². The van der Waals surface area contributed by atoms with Crippen LogP contribution in [0.2, 0.25) is 10.0 Å². The van der Waals surface area contributed by atoms with E-state index in [0.717, 1.165) is 30.8 Å². The van der Waals surface area contributed by atoms with Crippen LogP contribution in [0.25, 0.3) is 0 Å². The standard InChI is InChI=1S/C19H25Cl2N5O3S2/c1-2-14-6-3-4-10-26(14)11-5-9-22-31(28,29)19-25-24-18(30-19)23-17(27)15-8-7-13(20)12-16(15)21/h7-8,12,14,22H,2-6,9-11H2,1H3,(H,23,24,27)/t14-/m1/s1. The molecule has 0 unspecified atom stereocenters. The van der Waals surface area contributed by atoms with Crippen LogP contribution in [-0.2, 0) is 10.0 Å². The molecule has 0 radical (unpaired) electrons. The predicted octanol–water partition coefficient (Wildman–Crippen LogP) is 4.03. The molecule has 1 aromatic carbocycles. The van der Waals surface area contributed by atoms with Crippen LogP contribution >= 0.6 is 34.5 Å². The third-order valence-electron chi connectivity index (χ3n) is 5.17. The molecule has 1 aliphatic heterocycles. The highest BCUT2D eigenvalue weighted by atomic mass is 35.5. The molecule has 31 heavy (non-hydrogen) atoms. The number of aromatic nitrogens is 2. The van der Waals surface area contributed by atoms with Gasteiger partial charge in [-0.2, -0.15) is 0 Å². The molecule has 2 N–H and O–H groups in total. The summed E-state index contributed by atoms with van der Waals surface area (Å²) in [4.78, 5) is 14.8. The van der Waals surface area contributed by atoms with Gasteiger partial charge in [-0.15, -0.1) is 10.2 Å². The molecule has 0 saturated carbocycles. The van der Waals surface area contributed by atoms with Crippen molar-refractivity contribution in [2.75, 3.05) is 25.0 Å². The molecule has 2 aromatic rings. The molecule has 1 fully saturated rings. The number of piperidine rings is 1. The van der Waals surface area contributed by atoms with Gasteiger partial charge in [0.25, 0.3) is 15.9 Å². The van der Waals surface area contributed by atoms with Gasteiger partial charge in [0, 0.05) is 17.6 Å². The van der Waals surface area contributed by atoms with Crippen molar-refractivity contribution in [1.82, 2.24) is 19.8 Å². The van der Waals surface area contributed by atoms with E-state index in [1.54, 1.807) is 0 Å². The molecule has 0 bridgehead atoms. The van der Waals surface area contributed by atoms with Crippen molar-refractivity contribution in [3.63, 3.8) is 0 Å². The van der Waals surface area contributed by atoms with E-state index in [9.17, 15) is 13.2 Å². The van der Waals surface area contributed by atoms with E-state index in [1.165, 1.54) is 37.5 Å². The zero-order valence-corrected chi connectivity index (χ0v) is 20.2. The number of rotatable bonds is 9. The van der Waals surface area contributed by atoms with E-state index in [2.05, 4.69) is 32.1 Å². The number of carbonyl (C=O) groups excluding carboxylic acids is 1. The zero-order valence-electron chi connectivity index (χ0n) is 17.1. The summed E-state index contributed by atoms with van der Waals surface area (Å²) in [6.07, 6.45) is 5.51. The number of benzene rings is 1. The molecule has 1 atom stereocenters. The minimum Gasteiger partial charge on any atom is -0.300 e. The summed E-state index contributed by atoms with van der Waals surface area (Å²) < 4.78 is 27.4. The summed E-state index contributed by atoms with van der Waals surface area (Å²) in [6.45, 7) is 4.44. The first kappa shape index (κ1) is 24.3. The number of nitrogens with zero attached hydrogens (tertiary/aromatic N) is 3. The van der Waals surface area contributed by atoms with Crippen LogP contribution in [0, 0.1) is 0 Å². The van der Waals surface area contributed by atoms with Gasteiger partial charge < -0.3 is 4.90 Å². The number of sulfonamides is 1. The molecule has 1 saturated heterocycles. The van der Waals surface area contributed by atoms with Crippen molar-refractivity contribution in [2.24, 2.45) is 0 Å². The predicted molar refractivity (Wildman–Crippen MR) is 124 cm³/mol. The van der Waals surface area contributed by atoms with Crippen molar-refractivity contribution >= 4 is 55.6 Å². The summed E-state index contributed by atoms with van der Waals surface area (Å²) in [5, 5.41) is 10.6. The van der Waals surface area contributed by atoms with Crippen LogP contribution in [0.1, 0.15) is 49.4 Å². The van der Waals surface area contributed by atoms with E-state index in [0.29, 0.717) is 24.0 Å². The average Bonchev–Trinajstić information content (AvgIpc) is 3.21. The molecular weight excluding hydrogens is 481 g/mol. The molecular formula is C19H25Cl2N5O3S2. The highest BCUT2D eigenvalue weighted by Crippen LogP contribution is 2.24. The topological polar surface area (TPSA) is 104 Å². The fraction of sp³-hybridized carbons (Fsp3) is 0.526. The van der Waals surface area contributed by atoms with Crippen LogP contribution in [-0.4, -0.2) is 55.1 Å². The Morgan fingerprint density at radius 3 is 2.84 bits per heavy atom. The van der Waals surface area contributed by atoms with Gasteiger partial charge in [0.1, 0.15) is 0 Å². The van der Waals surface area contributed by atoms with Crippen LogP contribution in [0.4, 0.5) is 5.13 Å². The molecule has 1 aromatic heterocycles. The van der Waals surface area contributed by atoms with Gasteiger partial charge in [-0.05, 0) is 57.0 Å². The summed E-state index contributed by atoms with van der Waals surface area (Å²) in [6, 6.07) is 5.05. The van der Waals surface area contributed by atoms with Gasteiger partial charge in [0.05, 0.1) is 10.6 Å². The van der Waals surface area contributed by atoms with Crippen LogP contribution < -0.4 is 10.0 Å². The monoisotopic (exact) mass is 505 g/mol. The first-order valence-electron chi connectivity index (χ1n) is 10.1. The maximum Gasteiger partial charge on any atom is 0.269 e. The Morgan fingerprint density at radius 2 is 2.10 bits per heavy atom. The van der Waals surface area contributed by atoms with Crippen molar-refractivity contribution in [1.29, 1.82) is 0 Å². The zero-order chi connectivity index (χ0) is 22.4. The smallest absolute Gasteiger partial charge is 0.269 e. The fourth-order valence-electron chi connectivity index (χ4n) is 3.57. The van der Waals surface area contributed by atoms with Gasteiger partial charge >= 0.3 is 0 Å². The van der Waals surface area contributed by atoms with Gasteiger partial charge in [-0.1, -0.05) is 47.9 Å². The minimum atomic E-state index is -3.79. The number of hydrogen-bond donors (Lipinski definition) is 2. The van der Waals surface area contributed by atoms with E-state index >= 15 is 0 Å². The highest BCUT2D eigenvalue weighted by Gasteiger charge is 2.23. The maximum atomic E-state index is 12.5. The minimum absolute atomic E-state index is 0.0653. The largest absolute Gasteiger partial charge is 0.300 e. The molecule has 0 spiro atoms. The first-order chi connectivity index (χ1) is 14.8. The Labute approximate surface area is 196 Å². The molecule has 1 amide bonds. The molecule has 0 aliphatic carbocycles. The Bertz CT molecular complexity index is 1020. The third kappa shape index (κ3) is 6.59. The summed E-state index contributed by atoms with van der Waals surface area (Å²) in [5.41, 5.74) is 0.201. The van der Waals surface area contributed by atoms with Crippen molar-refractivity contribution in [2.45, 2.75) is 49.4 Å². The fourth-order valence-corrected chi connectivity index (χ4v) is 6.08. The lowest BCUT2D eigenvalue weighted by molar-refractivity contribution is 0.102. The molecule has 8 nitrogen and oxygen atoms in total. The molecule has 2 heterocycles. The Morgan fingerprint density at radius 1 is 1.29 bits per heavy atom. The second-order valence-electron chi connectivity index (χ2n) is 7.30. The van der Waals surface area contributed by atoms with Crippen molar-refractivity contribution in [3.05, 3.63) is 33.8 Å². The lowest BCUT2D eigenvalue weighted by Gasteiger charge is -2.35. The van der Waals surface area contributed by atoms with Gasteiger partial charge in [-0.25, -0.2) is 13.1 Å². The summed E-state index contributed by atoms with van der Waals surface area (Å²) in [7, 11) is -3.79. The van der Waals surface area contributed by atoms with Crippen LogP contribution in [0.3, 0.4) is 0 Å². The first-order valence-corrected chi connectivity index (χ1v) is 13.2. The van der Waals surface area contributed by atoms with Gasteiger partial charge in [0.2, 0.25) is 9.47 Å². The number of nitrogens with one attached hydrogen (secondary N) is 2. The number of hydrogen-bond acceptors (Lipinski definition) is 7. The van der Waals surface area contributed by atoms with E-state index in [1.807, 2.05) is 0 Å². The third-order valence-corrected chi connectivity index (χ3v) is 8.38. The van der Waals surface area contributed by atoms with Crippen molar-refractivity contribution in [3.8, 4) is 0 Å². The SMILES string of the molecule is CC[C@@H]1CCCCN1CCCNS(=O)(=O)c1nnc(NC(=O)c2ccc(Cl)cc2Cl)s1. The highest BCUT2D eigenvalue weighted by molar-refractivity contribution is 7.91. The molecule has 12 heteroatoms. The molecule has 3 rings (SSSR count). The second-order valence-corrected chi connectivity index (χ2v) is 11.1. The van der Waals surface area contributed by atoms with Crippen LogP contribution in [0.15, 0.2) is 22.5 Å². The Balaban J connectivity index is 1.52. The summed E-state index contributed by atoms with van der Waals surface area (Å²) in [5.74, 6) is -0.526.